The summed E-state index contributed by atoms with van der Waals surface area (Å²) in [7, 11) is 0. The number of anilines is 1. The van der Waals surface area contributed by atoms with Gasteiger partial charge in [0.1, 0.15) is 0 Å². The molecule has 0 heterocycles. The zero-order valence-electron chi connectivity index (χ0n) is 8.35. The molecule has 0 atom stereocenters. The second kappa shape index (κ2) is 4.27. The van der Waals surface area contributed by atoms with E-state index in [1.54, 1.807) is 0 Å². The third-order valence-electron chi connectivity index (χ3n) is 1.81. The van der Waals surface area contributed by atoms with Crippen molar-refractivity contribution in [1.82, 2.24) is 0 Å². The summed E-state index contributed by atoms with van der Waals surface area (Å²) in [6, 6.07) is 2.84. The number of hydrogen-bond acceptors (Lipinski definition) is 1. The van der Waals surface area contributed by atoms with Crippen LogP contribution in [0.5, 0.6) is 0 Å². The van der Waals surface area contributed by atoms with E-state index < -0.39 is 17.6 Å². The molecule has 0 spiro atoms. The zero-order chi connectivity index (χ0) is 12.3. The largest absolute Gasteiger partial charge is 0.416 e. The fourth-order valence-corrected chi connectivity index (χ4v) is 1.14. The molecule has 0 saturated heterocycles. The number of halogens is 3. The van der Waals surface area contributed by atoms with Crippen LogP contribution in [-0.2, 0) is 11.0 Å². The van der Waals surface area contributed by atoms with Gasteiger partial charge in [-0.05, 0) is 18.2 Å². The smallest absolute Gasteiger partial charge is 0.325 e. The third-order valence-corrected chi connectivity index (χ3v) is 1.81. The van der Waals surface area contributed by atoms with Crippen LogP contribution < -0.4 is 5.32 Å². The van der Waals surface area contributed by atoms with Crippen molar-refractivity contribution in [2.45, 2.75) is 13.1 Å². The highest BCUT2D eigenvalue weighted by Gasteiger charge is 2.30. The highest BCUT2D eigenvalue weighted by atomic mass is 19.4. The molecule has 1 rings (SSSR count). The first-order chi connectivity index (χ1) is 7.34. The lowest BCUT2D eigenvalue weighted by molar-refractivity contribution is -0.137. The van der Waals surface area contributed by atoms with Crippen LogP contribution in [0.25, 0.3) is 0 Å². The van der Waals surface area contributed by atoms with Gasteiger partial charge in [0.05, 0.1) is 11.3 Å². The standard InChI is InChI=1S/C11H8F3NO/c1-3-8-4-5-9(11(12,13)14)6-10(8)15-7(2)16/h1,4-6H,2H3,(H,15,16). The minimum absolute atomic E-state index is 0.00942. The lowest BCUT2D eigenvalue weighted by atomic mass is 10.1. The molecule has 16 heavy (non-hydrogen) atoms. The molecular formula is C11H8F3NO. The molecule has 0 fully saturated rings. The number of carbonyl (C=O) groups is 1. The Balaban J connectivity index is 3.23. The van der Waals surface area contributed by atoms with Crippen LogP contribution in [0.1, 0.15) is 18.1 Å². The van der Waals surface area contributed by atoms with Gasteiger partial charge < -0.3 is 5.32 Å². The van der Waals surface area contributed by atoms with Crippen LogP contribution >= 0.6 is 0 Å². The Labute approximate surface area is 90.5 Å². The average molecular weight is 227 g/mol. The van der Waals surface area contributed by atoms with E-state index in [1.807, 2.05) is 0 Å². The van der Waals surface area contributed by atoms with Gasteiger partial charge in [-0.1, -0.05) is 5.92 Å². The number of terminal acetylenes is 1. The molecule has 0 unspecified atom stereocenters. The fourth-order valence-electron chi connectivity index (χ4n) is 1.14. The Hall–Kier alpha value is -1.96. The van der Waals surface area contributed by atoms with Crippen LogP contribution in [0.3, 0.4) is 0 Å². The van der Waals surface area contributed by atoms with E-state index in [4.69, 9.17) is 6.42 Å². The van der Waals surface area contributed by atoms with Gasteiger partial charge in [0.2, 0.25) is 5.91 Å². The molecule has 1 amide bonds. The SMILES string of the molecule is C#Cc1ccc(C(F)(F)F)cc1NC(C)=O. The van der Waals surface area contributed by atoms with Gasteiger partial charge in [-0.3, -0.25) is 4.79 Å². The molecule has 0 saturated carbocycles. The third kappa shape index (κ3) is 2.76. The molecule has 0 radical (unpaired) electrons. The lowest BCUT2D eigenvalue weighted by Crippen LogP contribution is -2.10. The number of carbonyl (C=O) groups excluding carboxylic acids is 1. The molecule has 1 N–H and O–H groups in total. The summed E-state index contributed by atoms with van der Waals surface area (Å²) in [5.74, 6) is 1.72. The Morgan fingerprint density at radius 2 is 2.06 bits per heavy atom. The van der Waals surface area contributed by atoms with Gasteiger partial charge in [-0.15, -0.1) is 6.42 Å². The van der Waals surface area contributed by atoms with Crippen LogP contribution in [0, 0.1) is 12.3 Å². The topological polar surface area (TPSA) is 29.1 Å². The van der Waals surface area contributed by atoms with E-state index in [2.05, 4.69) is 11.2 Å². The Morgan fingerprint density at radius 1 is 1.44 bits per heavy atom. The van der Waals surface area contributed by atoms with Crippen molar-refractivity contribution in [2.75, 3.05) is 5.32 Å². The van der Waals surface area contributed by atoms with Gasteiger partial charge >= 0.3 is 6.18 Å². The first kappa shape index (κ1) is 12.1. The molecule has 0 bridgehead atoms. The number of rotatable bonds is 1. The monoisotopic (exact) mass is 227 g/mol. The fraction of sp³-hybridized carbons (Fsp3) is 0.182. The Bertz CT molecular complexity index is 457. The molecule has 0 aliphatic heterocycles. The van der Waals surface area contributed by atoms with Crippen molar-refractivity contribution in [1.29, 1.82) is 0 Å². The van der Waals surface area contributed by atoms with Crippen molar-refractivity contribution in [3.63, 3.8) is 0 Å². The normalized spacial score (nSPS) is 10.7. The average Bonchev–Trinajstić information content (AvgIpc) is 2.15. The highest BCUT2D eigenvalue weighted by molar-refractivity contribution is 5.90. The first-order valence-corrected chi connectivity index (χ1v) is 4.30. The van der Waals surface area contributed by atoms with Crippen LogP contribution in [0.15, 0.2) is 18.2 Å². The van der Waals surface area contributed by atoms with Crippen LogP contribution in [-0.4, -0.2) is 5.91 Å². The van der Waals surface area contributed by atoms with E-state index in [0.717, 1.165) is 18.2 Å². The molecule has 1 aromatic carbocycles. The maximum Gasteiger partial charge on any atom is 0.416 e. The number of benzene rings is 1. The van der Waals surface area contributed by atoms with Crippen molar-refractivity contribution in [2.24, 2.45) is 0 Å². The lowest BCUT2D eigenvalue weighted by Gasteiger charge is -2.10. The zero-order valence-corrected chi connectivity index (χ0v) is 8.35. The summed E-state index contributed by atoms with van der Waals surface area (Å²) in [4.78, 5) is 10.8. The molecule has 0 aliphatic carbocycles. The second-order valence-corrected chi connectivity index (χ2v) is 3.08. The van der Waals surface area contributed by atoms with Crippen molar-refractivity contribution in [3.05, 3.63) is 29.3 Å². The Kier molecular flexibility index (Phi) is 3.23. The van der Waals surface area contributed by atoms with Crippen molar-refractivity contribution in [3.8, 4) is 12.3 Å². The van der Waals surface area contributed by atoms with Gasteiger partial charge in [0.15, 0.2) is 0 Å². The minimum Gasteiger partial charge on any atom is -0.325 e. The van der Waals surface area contributed by atoms with E-state index in [-0.39, 0.29) is 11.3 Å². The van der Waals surface area contributed by atoms with Gasteiger partial charge in [-0.25, -0.2) is 0 Å². The summed E-state index contributed by atoms with van der Waals surface area (Å²) in [6.45, 7) is 1.19. The molecule has 0 aromatic heterocycles. The van der Waals surface area contributed by atoms with Gasteiger partial charge in [0, 0.05) is 12.5 Å². The van der Waals surface area contributed by atoms with Gasteiger partial charge in [-0.2, -0.15) is 13.2 Å². The molecular weight excluding hydrogens is 219 g/mol. The number of nitrogens with one attached hydrogen (secondary N) is 1. The summed E-state index contributed by atoms with van der Waals surface area (Å²) in [5.41, 5.74) is -0.650. The van der Waals surface area contributed by atoms with Gasteiger partial charge in [0.25, 0.3) is 0 Å². The van der Waals surface area contributed by atoms with E-state index >= 15 is 0 Å². The van der Waals surface area contributed by atoms with E-state index in [9.17, 15) is 18.0 Å². The quantitative estimate of drug-likeness (QED) is 0.734. The summed E-state index contributed by atoms with van der Waals surface area (Å²) < 4.78 is 37.1. The van der Waals surface area contributed by atoms with Crippen molar-refractivity contribution < 1.29 is 18.0 Å². The number of amides is 1. The summed E-state index contributed by atoms with van der Waals surface area (Å²) in [6.07, 6.45) is 0.645. The molecule has 1 aromatic rings. The van der Waals surface area contributed by atoms with Crippen LogP contribution in [0.2, 0.25) is 0 Å². The minimum atomic E-state index is -4.46. The van der Waals surface area contributed by atoms with Crippen LogP contribution in [0.4, 0.5) is 18.9 Å². The number of alkyl halides is 3. The predicted molar refractivity (Wildman–Crippen MR) is 53.7 cm³/mol. The summed E-state index contributed by atoms with van der Waals surface area (Å²) >= 11 is 0. The van der Waals surface area contributed by atoms with E-state index in [1.165, 1.54) is 6.92 Å². The number of hydrogen-bond donors (Lipinski definition) is 1. The second-order valence-electron chi connectivity index (χ2n) is 3.08. The van der Waals surface area contributed by atoms with Crippen molar-refractivity contribution >= 4 is 11.6 Å². The predicted octanol–water partition coefficient (Wildman–Crippen LogP) is 2.65. The molecule has 84 valence electrons. The molecule has 0 aliphatic rings. The maximum absolute atomic E-state index is 12.4. The molecule has 5 heteroatoms. The Morgan fingerprint density at radius 3 is 2.50 bits per heavy atom. The highest BCUT2D eigenvalue weighted by Crippen LogP contribution is 2.31. The maximum atomic E-state index is 12.4. The molecule has 2 nitrogen and oxygen atoms in total. The first-order valence-electron chi connectivity index (χ1n) is 4.30. The van der Waals surface area contributed by atoms with E-state index in [0.29, 0.717) is 0 Å². The summed E-state index contributed by atoms with van der Waals surface area (Å²) in [5, 5.41) is 2.26.